The smallest absolute Gasteiger partial charge is 0.0281 e. The van der Waals surface area contributed by atoms with Crippen molar-refractivity contribution in [2.75, 3.05) is 13.1 Å². The molecule has 0 aromatic rings. The van der Waals surface area contributed by atoms with E-state index in [0.29, 0.717) is 6.04 Å². The molecule has 14 heavy (non-hydrogen) atoms. The first kappa shape index (κ1) is 11.5. The highest BCUT2D eigenvalue weighted by Crippen LogP contribution is 2.18. The van der Waals surface area contributed by atoms with Crippen LogP contribution in [-0.4, -0.2) is 24.0 Å². The molecule has 0 aromatic heterocycles. The molecule has 1 atom stereocenters. The van der Waals surface area contributed by atoms with Crippen LogP contribution >= 0.6 is 0 Å². The number of allylic oxidation sites excluding steroid dienone is 3. The highest BCUT2D eigenvalue weighted by molar-refractivity contribution is 5.07. The molecule has 0 radical (unpaired) electrons. The normalized spacial score (nSPS) is 24.3. The van der Waals surface area contributed by atoms with Crippen molar-refractivity contribution in [2.45, 2.75) is 45.6 Å². The van der Waals surface area contributed by atoms with Crippen molar-refractivity contribution in [3.8, 4) is 0 Å². The highest BCUT2D eigenvalue weighted by Gasteiger charge is 2.20. The zero-order valence-electron chi connectivity index (χ0n) is 9.58. The largest absolute Gasteiger partial charge is 0.297 e. The zero-order chi connectivity index (χ0) is 10.2. The summed E-state index contributed by atoms with van der Waals surface area (Å²) < 4.78 is 0. The molecule has 1 rings (SSSR count). The Hall–Kier alpha value is -0.560. The van der Waals surface area contributed by atoms with Gasteiger partial charge in [-0.3, -0.25) is 4.90 Å². The Morgan fingerprint density at radius 3 is 2.93 bits per heavy atom. The minimum Gasteiger partial charge on any atom is -0.297 e. The summed E-state index contributed by atoms with van der Waals surface area (Å²) in [5, 5.41) is 0. The fraction of sp³-hybridized carbons (Fsp3) is 0.692. The molecular formula is C13H23N. The lowest BCUT2D eigenvalue weighted by Crippen LogP contribution is -2.28. The first-order chi connectivity index (χ1) is 6.88. The second-order valence-corrected chi connectivity index (χ2v) is 4.01. The van der Waals surface area contributed by atoms with Crippen molar-refractivity contribution in [3.05, 3.63) is 24.3 Å². The molecule has 1 aliphatic heterocycles. The van der Waals surface area contributed by atoms with Gasteiger partial charge >= 0.3 is 0 Å². The molecule has 0 unspecified atom stereocenters. The van der Waals surface area contributed by atoms with Gasteiger partial charge < -0.3 is 0 Å². The van der Waals surface area contributed by atoms with E-state index in [4.69, 9.17) is 0 Å². The molecular weight excluding hydrogens is 170 g/mol. The number of unbranched alkanes of at least 4 members (excludes halogenated alkanes) is 1. The summed E-state index contributed by atoms with van der Waals surface area (Å²) in [6.07, 6.45) is 14.1. The second-order valence-electron chi connectivity index (χ2n) is 4.01. The van der Waals surface area contributed by atoms with Crippen LogP contribution in [0.4, 0.5) is 0 Å². The Morgan fingerprint density at radius 2 is 2.21 bits per heavy atom. The third-order valence-electron chi connectivity index (χ3n) is 2.85. The van der Waals surface area contributed by atoms with Crippen LogP contribution < -0.4 is 0 Å². The summed E-state index contributed by atoms with van der Waals surface area (Å²) in [6, 6.07) is 0.706. The minimum atomic E-state index is 0.706. The van der Waals surface area contributed by atoms with Gasteiger partial charge in [0, 0.05) is 6.04 Å². The van der Waals surface area contributed by atoms with E-state index >= 15 is 0 Å². The molecule has 80 valence electrons. The van der Waals surface area contributed by atoms with Crippen molar-refractivity contribution in [1.29, 1.82) is 0 Å². The van der Waals surface area contributed by atoms with Crippen molar-refractivity contribution in [1.82, 2.24) is 4.90 Å². The molecule has 0 aliphatic carbocycles. The van der Waals surface area contributed by atoms with E-state index < -0.39 is 0 Å². The predicted octanol–water partition coefficient (Wildman–Crippen LogP) is 3.38. The van der Waals surface area contributed by atoms with Crippen LogP contribution in [0.2, 0.25) is 0 Å². The van der Waals surface area contributed by atoms with E-state index in [9.17, 15) is 0 Å². The van der Waals surface area contributed by atoms with E-state index in [1.807, 2.05) is 0 Å². The lowest BCUT2D eigenvalue weighted by atomic mass is 10.2. The van der Waals surface area contributed by atoms with Crippen LogP contribution in [0.3, 0.4) is 0 Å². The average molecular weight is 193 g/mol. The molecule has 0 amide bonds. The van der Waals surface area contributed by atoms with Gasteiger partial charge in [-0.25, -0.2) is 0 Å². The molecule has 1 heterocycles. The number of hydrogen-bond acceptors (Lipinski definition) is 1. The molecule has 0 bridgehead atoms. The Morgan fingerprint density at radius 1 is 1.36 bits per heavy atom. The third-order valence-corrected chi connectivity index (χ3v) is 2.85. The Labute approximate surface area is 88.5 Å². The Balaban J connectivity index is 2.34. The number of rotatable bonds is 5. The summed E-state index contributed by atoms with van der Waals surface area (Å²) in [4.78, 5) is 2.61. The number of hydrogen-bond donors (Lipinski definition) is 0. The summed E-state index contributed by atoms with van der Waals surface area (Å²) >= 11 is 0. The minimum absolute atomic E-state index is 0.706. The monoisotopic (exact) mass is 193 g/mol. The van der Waals surface area contributed by atoms with E-state index in [0.717, 1.165) is 0 Å². The van der Waals surface area contributed by atoms with Gasteiger partial charge in [-0.1, -0.05) is 37.6 Å². The highest BCUT2D eigenvalue weighted by atomic mass is 15.2. The van der Waals surface area contributed by atoms with Crippen molar-refractivity contribution < 1.29 is 0 Å². The van der Waals surface area contributed by atoms with Gasteiger partial charge in [-0.2, -0.15) is 0 Å². The van der Waals surface area contributed by atoms with Crippen molar-refractivity contribution in [2.24, 2.45) is 0 Å². The first-order valence-electron chi connectivity index (χ1n) is 5.92. The Bertz CT molecular complexity index is 193. The van der Waals surface area contributed by atoms with Gasteiger partial charge in [0.15, 0.2) is 0 Å². The van der Waals surface area contributed by atoms with Crippen molar-refractivity contribution >= 4 is 0 Å². The summed E-state index contributed by atoms with van der Waals surface area (Å²) in [5.74, 6) is 0. The molecule has 1 aliphatic rings. The molecule has 0 aromatic carbocycles. The second kappa shape index (κ2) is 6.83. The molecule has 0 saturated carbocycles. The maximum Gasteiger partial charge on any atom is 0.0281 e. The molecule has 0 N–H and O–H groups in total. The third kappa shape index (κ3) is 3.67. The lowest BCUT2D eigenvalue weighted by molar-refractivity contribution is 0.285. The zero-order valence-corrected chi connectivity index (χ0v) is 9.58. The van der Waals surface area contributed by atoms with Gasteiger partial charge in [0.1, 0.15) is 0 Å². The fourth-order valence-corrected chi connectivity index (χ4v) is 2.01. The van der Waals surface area contributed by atoms with Crippen LogP contribution in [0.15, 0.2) is 24.3 Å². The fourth-order valence-electron chi connectivity index (χ4n) is 2.01. The van der Waals surface area contributed by atoms with Crippen molar-refractivity contribution in [3.63, 3.8) is 0 Å². The predicted molar refractivity (Wildman–Crippen MR) is 63.5 cm³/mol. The van der Waals surface area contributed by atoms with Crippen LogP contribution in [0, 0.1) is 0 Å². The van der Waals surface area contributed by atoms with Gasteiger partial charge in [-0.15, -0.1) is 0 Å². The summed E-state index contributed by atoms with van der Waals surface area (Å²) in [6.45, 7) is 6.90. The topological polar surface area (TPSA) is 3.24 Å². The molecule has 1 fully saturated rings. The molecule has 0 spiro atoms. The van der Waals surface area contributed by atoms with E-state index in [2.05, 4.69) is 43.1 Å². The summed E-state index contributed by atoms with van der Waals surface area (Å²) in [7, 11) is 0. The van der Waals surface area contributed by atoms with E-state index in [-0.39, 0.29) is 0 Å². The van der Waals surface area contributed by atoms with Crippen LogP contribution in [0.25, 0.3) is 0 Å². The molecule has 1 nitrogen and oxygen atoms in total. The van der Waals surface area contributed by atoms with Gasteiger partial charge in [0.25, 0.3) is 0 Å². The standard InChI is InChI=1S/C13H23N/c1-3-5-7-9-13-10-8-12-14(13)11-6-4-2/h3,5,7,9,13H,4,6,8,10-12H2,1-2H3/b5-3+,9-7+/t13-/m0/s1. The number of likely N-dealkylation sites (tertiary alicyclic amines) is 1. The van der Waals surface area contributed by atoms with E-state index in [1.54, 1.807) is 0 Å². The van der Waals surface area contributed by atoms with Gasteiger partial charge in [0.05, 0.1) is 0 Å². The average Bonchev–Trinajstić information content (AvgIpc) is 2.63. The van der Waals surface area contributed by atoms with Crippen LogP contribution in [-0.2, 0) is 0 Å². The molecule has 1 heteroatoms. The Kier molecular flexibility index (Phi) is 5.62. The first-order valence-corrected chi connectivity index (χ1v) is 5.92. The SMILES string of the molecule is C/C=C/C=C/[C@H]1CCCN1CCCC. The van der Waals surface area contributed by atoms with Gasteiger partial charge in [0.2, 0.25) is 0 Å². The van der Waals surface area contributed by atoms with Crippen LogP contribution in [0.1, 0.15) is 39.5 Å². The summed E-state index contributed by atoms with van der Waals surface area (Å²) in [5.41, 5.74) is 0. The van der Waals surface area contributed by atoms with Gasteiger partial charge in [-0.05, 0) is 39.3 Å². The van der Waals surface area contributed by atoms with Crippen LogP contribution in [0.5, 0.6) is 0 Å². The van der Waals surface area contributed by atoms with E-state index in [1.165, 1.54) is 38.8 Å². The lowest BCUT2D eigenvalue weighted by Gasteiger charge is -2.21. The maximum absolute atomic E-state index is 2.61. The number of nitrogens with zero attached hydrogens (tertiary/aromatic N) is 1. The maximum atomic E-state index is 2.61. The molecule has 1 saturated heterocycles. The quantitative estimate of drug-likeness (QED) is 0.605.